The summed E-state index contributed by atoms with van der Waals surface area (Å²) in [5.74, 6) is -1.10. The fraction of sp³-hybridized carbons (Fsp3) is 0.357. The first kappa shape index (κ1) is 12.6. The van der Waals surface area contributed by atoms with E-state index >= 15 is 0 Å². The number of rotatable bonds is 4. The van der Waals surface area contributed by atoms with Gasteiger partial charge >= 0.3 is 5.97 Å². The van der Waals surface area contributed by atoms with Crippen LogP contribution in [0.4, 0.5) is 5.69 Å². The molecule has 0 radical (unpaired) electrons. The molecule has 1 aliphatic rings. The third kappa shape index (κ3) is 2.38. The Labute approximate surface area is 106 Å². The standard InChI is InChI=1S/C14H17NO3/c1-2-3-4-9-5-6-12-10(7-9)13(16)11(8-15-12)14(17)18/h5-8,13,15-16H,2-4H2,1H3,(H,17,18). The zero-order valence-electron chi connectivity index (χ0n) is 10.3. The maximum atomic E-state index is 11.0. The van der Waals surface area contributed by atoms with Crippen molar-refractivity contribution in [3.05, 3.63) is 41.1 Å². The summed E-state index contributed by atoms with van der Waals surface area (Å²) in [7, 11) is 0. The van der Waals surface area contributed by atoms with Gasteiger partial charge in [-0.1, -0.05) is 25.5 Å². The third-order valence-corrected chi connectivity index (χ3v) is 3.15. The van der Waals surface area contributed by atoms with E-state index in [1.807, 2.05) is 18.2 Å². The average molecular weight is 247 g/mol. The van der Waals surface area contributed by atoms with E-state index < -0.39 is 12.1 Å². The lowest BCUT2D eigenvalue weighted by Crippen LogP contribution is -2.18. The number of carboxylic acid groups (broad SMARTS) is 1. The Morgan fingerprint density at radius 2 is 2.22 bits per heavy atom. The number of carbonyl (C=O) groups is 1. The number of hydrogen-bond donors (Lipinski definition) is 3. The molecule has 0 amide bonds. The second-order valence-corrected chi connectivity index (χ2v) is 4.48. The van der Waals surface area contributed by atoms with Crippen molar-refractivity contribution in [3.8, 4) is 0 Å². The van der Waals surface area contributed by atoms with E-state index in [2.05, 4.69) is 12.2 Å². The van der Waals surface area contributed by atoms with E-state index in [9.17, 15) is 9.90 Å². The Morgan fingerprint density at radius 3 is 2.89 bits per heavy atom. The highest BCUT2D eigenvalue weighted by atomic mass is 16.4. The molecule has 0 aromatic heterocycles. The van der Waals surface area contributed by atoms with Gasteiger partial charge in [0.15, 0.2) is 0 Å². The zero-order chi connectivity index (χ0) is 13.1. The molecule has 0 aliphatic carbocycles. The lowest BCUT2D eigenvalue weighted by molar-refractivity contribution is -0.133. The molecular weight excluding hydrogens is 230 g/mol. The van der Waals surface area contributed by atoms with Crippen LogP contribution in [0.1, 0.15) is 37.0 Å². The number of unbranched alkanes of at least 4 members (excludes halogenated alkanes) is 1. The molecule has 0 bridgehead atoms. The summed E-state index contributed by atoms with van der Waals surface area (Å²) in [6, 6.07) is 5.78. The Hall–Kier alpha value is -1.81. The smallest absolute Gasteiger partial charge is 0.336 e. The van der Waals surface area contributed by atoms with Crippen LogP contribution in [0.5, 0.6) is 0 Å². The van der Waals surface area contributed by atoms with Crippen molar-refractivity contribution in [2.24, 2.45) is 0 Å². The molecule has 0 spiro atoms. The first-order valence-corrected chi connectivity index (χ1v) is 6.14. The molecule has 3 N–H and O–H groups in total. The number of nitrogens with one attached hydrogen (secondary N) is 1. The lowest BCUT2D eigenvalue weighted by atomic mass is 9.94. The van der Waals surface area contributed by atoms with Gasteiger partial charge in [0.1, 0.15) is 6.10 Å². The first-order valence-electron chi connectivity index (χ1n) is 6.14. The van der Waals surface area contributed by atoms with Crippen LogP contribution >= 0.6 is 0 Å². The van der Waals surface area contributed by atoms with E-state index in [0.29, 0.717) is 5.56 Å². The maximum absolute atomic E-state index is 11.0. The number of hydrogen-bond acceptors (Lipinski definition) is 3. The molecule has 1 aromatic rings. The molecular formula is C14H17NO3. The van der Waals surface area contributed by atoms with Gasteiger partial charge in [0.2, 0.25) is 0 Å². The molecule has 1 heterocycles. The summed E-state index contributed by atoms with van der Waals surface area (Å²) in [4.78, 5) is 11.0. The summed E-state index contributed by atoms with van der Waals surface area (Å²) in [5.41, 5.74) is 2.52. The second kappa shape index (κ2) is 5.23. The van der Waals surface area contributed by atoms with Gasteiger partial charge in [0, 0.05) is 17.5 Å². The van der Waals surface area contributed by atoms with Crippen molar-refractivity contribution < 1.29 is 15.0 Å². The van der Waals surface area contributed by atoms with Gasteiger partial charge in [-0.15, -0.1) is 0 Å². The van der Waals surface area contributed by atoms with E-state index in [4.69, 9.17) is 5.11 Å². The second-order valence-electron chi connectivity index (χ2n) is 4.48. The average Bonchev–Trinajstić information content (AvgIpc) is 2.36. The molecule has 1 aliphatic heterocycles. The van der Waals surface area contributed by atoms with E-state index in [1.54, 1.807) is 0 Å². The highest BCUT2D eigenvalue weighted by Gasteiger charge is 2.25. The predicted octanol–water partition coefficient (Wildman–Crippen LogP) is 2.46. The third-order valence-electron chi connectivity index (χ3n) is 3.15. The van der Waals surface area contributed by atoms with Crippen molar-refractivity contribution in [3.63, 3.8) is 0 Å². The molecule has 0 saturated heterocycles. The minimum Gasteiger partial charge on any atom is -0.478 e. The highest BCUT2D eigenvalue weighted by molar-refractivity contribution is 5.90. The molecule has 4 heteroatoms. The molecule has 1 atom stereocenters. The topological polar surface area (TPSA) is 69.6 Å². The van der Waals surface area contributed by atoms with E-state index in [0.717, 1.165) is 30.5 Å². The van der Waals surface area contributed by atoms with Crippen molar-refractivity contribution in [2.75, 3.05) is 5.32 Å². The number of aliphatic hydroxyl groups is 1. The van der Waals surface area contributed by atoms with Crippen LogP contribution in [0.25, 0.3) is 0 Å². The van der Waals surface area contributed by atoms with Crippen LogP contribution < -0.4 is 5.32 Å². The fourth-order valence-corrected chi connectivity index (χ4v) is 2.09. The quantitative estimate of drug-likeness (QED) is 0.764. The Bertz CT molecular complexity index is 494. The van der Waals surface area contributed by atoms with E-state index in [1.165, 1.54) is 6.20 Å². The van der Waals surface area contributed by atoms with Crippen LogP contribution in [0.3, 0.4) is 0 Å². The number of anilines is 1. The minimum absolute atomic E-state index is 0.0184. The van der Waals surface area contributed by atoms with Gasteiger partial charge in [0.25, 0.3) is 0 Å². The summed E-state index contributed by atoms with van der Waals surface area (Å²) in [6.07, 6.45) is 3.44. The maximum Gasteiger partial charge on any atom is 0.336 e. The molecule has 2 rings (SSSR count). The fourth-order valence-electron chi connectivity index (χ4n) is 2.09. The van der Waals surface area contributed by atoms with Crippen LogP contribution in [-0.2, 0) is 11.2 Å². The Balaban J connectivity index is 2.28. The highest BCUT2D eigenvalue weighted by Crippen LogP contribution is 2.33. The van der Waals surface area contributed by atoms with Crippen molar-refractivity contribution in [2.45, 2.75) is 32.3 Å². The number of fused-ring (bicyclic) bond motifs is 1. The normalized spacial score (nSPS) is 17.7. The zero-order valence-corrected chi connectivity index (χ0v) is 10.3. The van der Waals surface area contributed by atoms with Gasteiger partial charge < -0.3 is 15.5 Å². The van der Waals surface area contributed by atoms with Gasteiger partial charge in [-0.05, 0) is 24.5 Å². The first-order chi connectivity index (χ1) is 8.63. The lowest BCUT2D eigenvalue weighted by Gasteiger charge is -2.22. The Kier molecular flexibility index (Phi) is 3.67. The summed E-state index contributed by atoms with van der Waals surface area (Å²) in [5, 5.41) is 21.9. The van der Waals surface area contributed by atoms with Gasteiger partial charge in [-0.3, -0.25) is 0 Å². The number of aliphatic hydroxyl groups excluding tert-OH is 1. The number of carboxylic acids is 1. The molecule has 1 aromatic carbocycles. The Morgan fingerprint density at radius 1 is 1.44 bits per heavy atom. The molecule has 0 fully saturated rings. The molecule has 4 nitrogen and oxygen atoms in total. The number of aryl methyl sites for hydroxylation is 1. The summed E-state index contributed by atoms with van der Waals surface area (Å²) < 4.78 is 0. The van der Waals surface area contributed by atoms with Crippen LogP contribution in [0, 0.1) is 0 Å². The minimum atomic E-state index is -1.10. The SMILES string of the molecule is CCCCc1ccc2c(c1)C(O)C(C(=O)O)=CN2. The van der Waals surface area contributed by atoms with Crippen LogP contribution in [0.2, 0.25) is 0 Å². The van der Waals surface area contributed by atoms with Gasteiger partial charge in [-0.2, -0.15) is 0 Å². The molecule has 0 saturated carbocycles. The molecule has 1 unspecified atom stereocenters. The summed E-state index contributed by atoms with van der Waals surface area (Å²) in [6.45, 7) is 2.13. The monoisotopic (exact) mass is 247 g/mol. The van der Waals surface area contributed by atoms with Crippen LogP contribution in [-0.4, -0.2) is 16.2 Å². The van der Waals surface area contributed by atoms with Crippen molar-refractivity contribution in [1.82, 2.24) is 0 Å². The van der Waals surface area contributed by atoms with Crippen molar-refractivity contribution in [1.29, 1.82) is 0 Å². The van der Waals surface area contributed by atoms with Crippen LogP contribution in [0.15, 0.2) is 30.0 Å². The summed E-state index contributed by atoms with van der Waals surface area (Å²) >= 11 is 0. The number of aliphatic carboxylic acids is 1. The largest absolute Gasteiger partial charge is 0.478 e. The number of benzene rings is 1. The van der Waals surface area contributed by atoms with E-state index in [-0.39, 0.29) is 5.57 Å². The van der Waals surface area contributed by atoms with Crippen molar-refractivity contribution >= 4 is 11.7 Å². The van der Waals surface area contributed by atoms with Gasteiger partial charge in [0.05, 0.1) is 5.57 Å². The molecule has 18 heavy (non-hydrogen) atoms. The predicted molar refractivity (Wildman–Crippen MR) is 69.4 cm³/mol. The molecule has 96 valence electrons. The van der Waals surface area contributed by atoms with Gasteiger partial charge in [-0.25, -0.2) is 4.79 Å².